The van der Waals surface area contributed by atoms with Gasteiger partial charge in [-0.15, -0.1) is 0 Å². The largest absolute Gasteiger partial charge is 0.543 e. The smallest absolute Gasteiger partial charge is 0.363 e. The lowest BCUT2D eigenvalue weighted by atomic mass is 10.2. The van der Waals surface area contributed by atoms with Gasteiger partial charge in [-0.25, -0.2) is 4.42 Å². The first kappa shape index (κ1) is 11.8. The molecule has 1 aromatic heterocycles. The Hall–Kier alpha value is -1.68. The van der Waals surface area contributed by atoms with Crippen LogP contribution in [-0.2, 0) is 0 Å². The number of benzene rings is 1. The minimum atomic E-state index is -1.76. The molecule has 0 amide bonds. The van der Waals surface area contributed by atoms with Crippen LogP contribution >= 0.6 is 0 Å². The van der Waals surface area contributed by atoms with Crippen LogP contribution in [0.5, 0.6) is 5.75 Å². The van der Waals surface area contributed by atoms with E-state index < -0.39 is 8.32 Å². The molecule has 0 atom stereocenters. The van der Waals surface area contributed by atoms with Crippen molar-refractivity contribution in [2.45, 2.75) is 19.6 Å². The van der Waals surface area contributed by atoms with Crippen LogP contribution in [0.4, 0.5) is 0 Å². The van der Waals surface area contributed by atoms with E-state index in [0.717, 1.165) is 17.3 Å². The third-order valence-electron chi connectivity index (χ3n) is 2.24. The number of carbonyl (C=O) groups excluding carboxylic acids is 1. The topological polar surface area (TPSA) is 37.6 Å². The maximum atomic E-state index is 11.0. The van der Waals surface area contributed by atoms with Gasteiger partial charge in [-0.3, -0.25) is 4.79 Å². The highest BCUT2D eigenvalue weighted by atomic mass is 28.4. The van der Waals surface area contributed by atoms with Crippen molar-refractivity contribution in [1.82, 2.24) is 0 Å². The van der Waals surface area contributed by atoms with Crippen LogP contribution in [0.25, 0.3) is 11.0 Å². The predicted octanol–water partition coefficient (Wildman–Crippen LogP) is 3.74. The minimum Gasteiger partial charge on any atom is -0.543 e. The van der Waals surface area contributed by atoms with Gasteiger partial charge in [-0.1, -0.05) is 12.1 Å². The van der Waals surface area contributed by atoms with Crippen molar-refractivity contribution >= 4 is 25.6 Å². The second-order valence-corrected chi connectivity index (χ2v) is 9.28. The molecule has 0 aliphatic heterocycles. The molecule has 0 aliphatic rings. The van der Waals surface area contributed by atoms with Crippen LogP contribution in [0.15, 0.2) is 34.9 Å². The van der Waals surface area contributed by atoms with E-state index >= 15 is 0 Å². The summed E-state index contributed by atoms with van der Waals surface area (Å²) in [4.78, 5) is 11.0. The summed E-state index contributed by atoms with van der Waals surface area (Å²) in [6.07, 6.45) is 2.22. The molecule has 0 fully saturated rings. The second kappa shape index (κ2) is 4.29. The highest BCUT2D eigenvalue weighted by Gasteiger charge is 2.24. The molecule has 0 saturated carbocycles. The van der Waals surface area contributed by atoms with Gasteiger partial charge in [0, 0.05) is 6.07 Å². The van der Waals surface area contributed by atoms with E-state index in [-0.39, 0.29) is 0 Å². The zero-order valence-corrected chi connectivity index (χ0v) is 11.2. The zero-order chi connectivity index (χ0) is 12.5. The highest BCUT2D eigenvalue weighted by Crippen LogP contribution is 2.30. The van der Waals surface area contributed by atoms with E-state index in [2.05, 4.69) is 19.6 Å². The maximum Gasteiger partial charge on any atom is 0.363 e. The summed E-state index contributed by atoms with van der Waals surface area (Å²) in [7, 11) is -1.76. The molecule has 1 aromatic carbocycles. The van der Waals surface area contributed by atoms with Crippen molar-refractivity contribution in [3.8, 4) is 5.75 Å². The minimum absolute atomic E-state index is 0.464. The first-order valence-corrected chi connectivity index (χ1v) is 8.90. The molecular weight excluding hydrogens is 232 g/mol. The molecule has 4 heteroatoms. The summed E-state index contributed by atoms with van der Waals surface area (Å²) >= 11 is 0. The maximum absolute atomic E-state index is 11.0. The zero-order valence-electron chi connectivity index (χ0n) is 10.2. The quantitative estimate of drug-likeness (QED) is 0.471. The predicted molar refractivity (Wildman–Crippen MR) is 70.0 cm³/mol. The highest BCUT2D eigenvalue weighted by molar-refractivity contribution is 6.70. The summed E-state index contributed by atoms with van der Waals surface area (Å²) < 4.78 is 11.4. The van der Waals surface area contributed by atoms with Crippen LogP contribution < -0.4 is 4.43 Å². The molecular formula is C13H15O3Si+. The van der Waals surface area contributed by atoms with E-state index in [1.165, 1.54) is 6.26 Å². The van der Waals surface area contributed by atoms with E-state index in [1.54, 1.807) is 0 Å². The van der Waals surface area contributed by atoms with Crippen molar-refractivity contribution in [2.24, 2.45) is 0 Å². The molecule has 0 saturated heterocycles. The van der Waals surface area contributed by atoms with Crippen LogP contribution in [0, 0.1) is 0 Å². The number of hydrogen-bond acceptors (Lipinski definition) is 2. The van der Waals surface area contributed by atoms with Crippen molar-refractivity contribution in [2.75, 3.05) is 0 Å². The first-order valence-electron chi connectivity index (χ1n) is 5.49. The lowest BCUT2D eigenvalue weighted by Crippen LogP contribution is -2.29. The van der Waals surface area contributed by atoms with Gasteiger partial charge in [0.05, 0.1) is 0 Å². The first-order chi connectivity index (χ1) is 8.01. The molecule has 0 unspecified atom stereocenters. The molecule has 3 nitrogen and oxygen atoms in total. The number of aldehydes is 1. The standard InChI is InChI=1S/C13H15O3Si/c1-17(2,3)16-13-10(8-14)9-15-12-7-5-4-6-11(12)13/h4-9H,1-3H3/q+1. The summed E-state index contributed by atoms with van der Waals surface area (Å²) in [5.41, 5.74) is 1.19. The SMILES string of the molecule is C[Si](C)(C)Oc1c(C=O)c[o+]c2ccccc12. The van der Waals surface area contributed by atoms with Gasteiger partial charge in [-0.05, 0) is 25.7 Å². The lowest BCUT2D eigenvalue weighted by molar-refractivity contribution is 0.112. The Morgan fingerprint density at radius 1 is 1.24 bits per heavy atom. The molecule has 88 valence electrons. The molecule has 0 N–H and O–H groups in total. The second-order valence-electron chi connectivity index (χ2n) is 4.85. The van der Waals surface area contributed by atoms with E-state index in [4.69, 9.17) is 8.84 Å². The molecule has 0 aliphatic carbocycles. The lowest BCUT2D eigenvalue weighted by Gasteiger charge is -2.19. The van der Waals surface area contributed by atoms with Gasteiger partial charge in [0.2, 0.25) is 8.32 Å². The van der Waals surface area contributed by atoms with Gasteiger partial charge in [0.1, 0.15) is 11.1 Å². The van der Waals surface area contributed by atoms with Crippen LogP contribution in [0.2, 0.25) is 19.6 Å². The van der Waals surface area contributed by atoms with E-state index in [1.807, 2.05) is 24.3 Å². The van der Waals surface area contributed by atoms with Crippen molar-refractivity contribution < 1.29 is 13.6 Å². The Labute approximate surface area is 101 Å². The molecule has 2 rings (SSSR count). The van der Waals surface area contributed by atoms with Gasteiger partial charge in [-0.2, -0.15) is 0 Å². The molecule has 0 spiro atoms. The van der Waals surface area contributed by atoms with Crippen LogP contribution in [0.3, 0.4) is 0 Å². The fraction of sp³-hybridized carbons (Fsp3) is 0.231. The van der Waals surface area contributed by atoms with Crippen molar-refractivity contribution in [3.63, 3.8) is 0 Å². The average molecular weight is 247 g/mol. The number of carbonyl (C=O) groups is 1. The normalized spacial score (nSPS) is 11.5. The monoisotopic (exact) mass is 247 g/mol. The van der Waals surface area contributed by atoms with Crippen LogP contribution in [-0.4, -0.2) is 14.6 Å². The van der Waals surface area contributed by atoms with Crippen LogP contribution in [0.1, 0.15) is 10.4 Å². The molecule has 2 aromatic rings. The Bertz CT molecular complexity index is 558. The molecule has 0 bridgehead atoms. The molecule has 17 heavy (non-hydrogen) atoms. The third-order valence-corrected chi connectivity index (χ3v) is 3.06. The third kappa shape index (κ3) is 2.53. The Morgan fingerprint density at radius 3 is 2.59 bits per heavy atom. The van der Waals surface area contributed by atoms with Gasteiger partial charge >= 0.3 is 11.8 Å². The van der Waals surface area contributed by atoms with E-state index in [9.17, 15) is 4.79 Å². The van der Waals surface area contributed by atoms with Gasteiger partial charge < -0.3 is 4.43 Å². The van der Waals surface area contributed by atoms with E-state index in [0.29, 0.717) is 11.3 Å². The summed E-state index contributed by atoms with van der Waals surface area (Å²) in [5, 5.41) is 0.847. The number of hydrogen-bond donors (Lipinski definition) is 0. The van der Waals surface area contributed by atoms with Crippen molar-refractivity contribution in [3.05, 3.63) is 36.1 Å². The fourth-order valence-electron chi connectivity index (χ4n) is 1.59. The van der Waals surface area contributed by atoms with Crippen molar-refractivity contribution in [1.29, 1.82) is 0 Å². The average Bonchev–Trinajstić information content (AvgIpc) is 2.28. The Balaban J connectivity index is 2.67. The van der Waals surface area contributed by atoms with Gasteiger partial charge in [0.25, 0.3) is 0 Å². The summed E-state index contributed by atoms with van der Waals surface area (Å²) in [6, 6.07) is 7.57. The number of rotatable bonds is 3. The number of fused-ring (bicyclic) bond motifs is 1. The number of para-hydroxylation sites is 1. The molecule has 1 heterocycles. The van der Waals surface area contributed by atoms with Gasteiger partial charge in [0.15, 0.2) is 11.8 Å². The molecule has 0 radical (unpaired) electrons. The summed E-state index contributed by atoms with van der Waals surface area (Å²) in [5.74, 6) is 0.640. The Kier molecular flexibility index (Phi) is 2.98. The fourth-order valence-corrected chi connectivity index (χ4v) is 2.43. The summed E-state index contributed by atoms with van der Waals surface area (Å²) in [6.45, 7) is 6.25. The Morgan fingerprint density at radius 2 is 1.94 bits per heavy atom.